The van der Waals surface area contributed by atoms with E-state index in [1.54, 1.807) is 36.4 Å². The minimum atomic E-state index is -3.84. The highest BCUT2D eigenvalue weighted by atomic mass is 35.5. The Hall–Kier alpha value is -2.31. The number of H-pyrrole nitrogens is 1. The Kier molecular flexibility index (Phi) is 2.64. The Morgan fingerprint density at radius 1 is 1.05 bits per heavy atom. The third kappa shape index (κ3) is 1.71. The molecule has 5 nitrogen and oxygen atoms in total. The first-order valence-electron chi connectivity index (χ1n) is 6.45. The molecule has 0 spiro atoms. The largest absolute Gasteiger partial charge is 0.349 e. The van der Waals surface area contributed by atoms with Crippen molar-refractivity contribution in [3.05, 3.63) is 53.2 Å². The van der Waals surface area contributed by atoms with Gasteiger partial charge in [0.1, 0.15) is 10.6 Å². The van der Waals surface area contributed by atoms with Crippen molar-refractivity contribution in [1.82, 2.24) is 4.98 Å². The number of hydrogen-bond donors (Lipinski definition) is 2. The van der Waals surface area contributed by atoms with Crippen LogP contribution in [-0.2, 0) is 9.84 Å². The maximum absolute atomic E-state index is 13.0. The number of aromatic nitrogens is 1. The topological polar surface area (TPSA) is 79.0 Å². The van der Waals surface area contributed by atoms with Gasteiger partial charge in [0.2, 0.25) is 9.84 Å². The molecule has 0 saturated heterocycles. The minimum Gasteiger partial charge on any atom is -0.349 e. The third-order valence-corrected chi connectivity index (χ3v) is 5.77. The Labute approximate surface area is 130 Å². The highest BCUT2D eigenvalue weighted by molar-refractivity contribution is 7.92. The number of hydrogen-bond acceptors (Lipinski definition) is 3. The molecule has 0 unspecified atom stereocenters. The fourth-order valence-corrected chi connectivity index (χ4v) is 4.61. The van der Waals surface area contributed by atoms with Crippen molar-refractivity contribution < 1.29 is 13.2 Å². The van der Waals surface area contributed by atoms with Gasteiger partial charge in [-0.2, -0.15) is 0 Å². The van der Waals surface area contributed by atoms with Gasteiger partial charge in [-0.05, 0) is 30.3 Å². The average Bonchev–Trinajstić information content (AvgIpc) is 2.83. The average molecular weight is 333 g/mol. The fourth-order valence-electron chi connectivity index (χ4n) is 2.68. The summed E-state index contributed by atoms with van der Waals surface area (Å²) in [6.07, 6.45) is 0. The molecule has 1 amide bonds. The number of aromatic amines is 1. The Balaban J connectivity index is 2.19. The van der Waals surface area contributed by atoms with Gasteiger partial charge in [0, 0.05) is 15.9 Å². The van der Waals surface area contributed by atoms with E-state index in [4.69, 9.17) is 11.6 Å². The van der Waals surface area contributed by atoms with Crippen molar-refractivity contribution in [1.29, 1.82) is 0 Å². The van der Waals surface area contributed by atoms with Crippen LogP contribution in [-0.4, -0.2) is 19.3 Å². The quantitative estimate of drug-likeness (QED) is 0.663. The third-order valence-electron chi connectivity index (χ3n) is 3.63. The number of benzene rings is 2. The maximum atomic E-state index is 13.0. The van der Waals surface area contributed by atoms with Crippen LogP contribution in [0.25, 0.3) is 10.9 Å². The number of rotatable bonds is 0. The summed E-state index contributed by atoms with van der Waals surface area (Å²) in [5, 5.41) is 3.44. The standard InChI is InChI=1S/C15H9ClN2O3S/c16-8-5-6-10-9(7-8)14-13(17-10)15(19)18-11-3-1-2-4-12(11)22(14,20)21/h1-7,17H,(H,18,19). The zero-order chi connectivity index (χ0) is 15.5. The van der Waals surface area contributed by atoms with E-state index in [0.29, 0.717) is 15.9 Å². The molecule has 0 fully saturated rings. The van der Waals surface area contributed by atoms with E-state index in [1.807, 2.05) is 0 Å². The molecule has 1 aliphatic rings. The molecule has 0 saturated carbocycles. The number of fused-ring (bicyclic) bond motifs is 4. The van der Waals surface area contributed by atoms with Gasteiger partial charge in [-0.3, -0.25) is 4.79 Å². The lowest BCUT2D eigenvalue weighted by Gasteiger charge is -2.06. The summed E-state index contributed by atoms with van der Waals surface area (Å²) >= 11 is 5.98. The van der Waals surface area contributed by atoms with Gasteiger partial charge in [-0.25, -0.2) is 8.42 Å². The highest BCUT2D eigenvalue weighted by Gasteiger charge is 2.34. The van der Waals surface area contributed by atoms with Crippen LogP contribution >= 0.6 is 11.6 Å². The molecule has 2 N–H and O–H groups in total. The summed E-state index contributed by atoms with van der Waals surface area (Å²) in [5.41, 5.74) is 0.841. The van der Waals surface area contributed by atoms with E-state index in [9.17, 15) is 13.2 Å². The summed E-state index contributed by atoms with van der Waals surface area (Å²) in [7, 11) is -3.84. The van der Waals surface area contributed by atoms with Gasteiger partial charge in [-0.1, -0.05) is 23.7 Å². The summed E-state index contributed by atoms with van der Waals surface area (Å²) in [6.45, 7) is 0. The van der Waals surface area contributed by atoms with Gasteiger partial charge in [-0.15, -0.1) is 0 Å². The monoisotopic (exact) mass is 332 g/mol. The Morgan fingerprint density at radius 3 is 2.64 bits per heavy atom. The molecule has 1 aromatic heterocycles. The maximum Gasteiger partial charge on any atom is 0.273 e. The summed E-state index contributed by atoms with van der Waals surface area (Å²) in [4.78, 5) is 15.3. The lowest BCUT2D eigenvalue weighted by atomic mass is 10.2. The fraction of sp³-hybridized carbons (Fsp3) is 0. The van der Waals surface area contributed by atoms with Crippen LogP contribution in [0.5, 0.6) is 0 Å². The van der Waals surface area contributed by atoms with E-state index in [1.165, 1.54) is 6.07 Å². The van der Waals surface area contributed by atoms with Crippen molar-refractivity contribution in [3.8, 4) is 0 Å². The summed E-state index contributed by atoms with van der Waals surface area (Å²) in [5.74, 6) is -0.490. The van der Waals surface area contributed by atoms with E-state index >= 15 is 0 Å². The van der Waals surface area contributed by atoms with Crippen molar-refractivity contribution in [2.45, 2.75) is 9.79 Å². The van der Waals surface area contributed by atoms with E-state index in [0.717, 1.165) is 0 Å². The number of para-hydroxylation sites is 1. The van der Waals surface area contributed by atoms with Crippen molar-refractivity contribution in [2.24, 2.45) is 0 Å². The van der Waals surface area contributed by atoms with Crippen molar-refractivity contribution in [2.75, 3.05) is 5.32 Å². The number of carbonyl (C=O) groups is 1. The predicted octanol–water partition coefficient (Wildman–Crippen LogP) is 3.22. The molecule has 0 radical (unpaired) electrons. The van der Waals surface area contributed by atoms with Crippen molar-refractivity contribution >= 4 is 43.9 Å². The van der Waals surface area contributed by atoms with E-state index in [-0.39, 0.29) is 21.2 Å². The zero-order valence-electron chi connectivity index (χ0n) is 11.1. The molecule has 2 aromatic carbocycles. The molecular weight excluding hydrogens is 324 g/mol. The summed E-state index contributed by atoms with van der Waals surface area (Å²) < 4.78 is 26.0. The SMILES string of the molecule is O=C1Nc2ccccc2S(=O)(=O)c2c1[nH]c1ccc(Cl)cc21. The first kappa shape index (κ1) is 13.4. The van der Waals surface area contributed by atoms with Crippen LogP contribution < -0.4 is 5.32 Å². The minimum absolute atomic E-state index is 0.0217. The number of anilines is 1. The van der Waals surface area contributed by atoms with Crippen molar-refractivity contribution in [3.63, 3.8) is 0 Å². The van der Waals surface area contributed by atoms with Gasteiger partial charge in [0.15, 0.2) is 0 Å². The van der Waals surface area contributed by atoms with E-state index < -0.39 is 15.7 Å². The molecule has 3 aromatic rings. The van der Waals surface area contributed by atoms with Crippen LogP contribution in [0.4, 0.5) is 5.69 Å². The second kappa shape index (κ2) is 4.34. The Bertz CT molecular complexity index is 1050. The van der Waals surface area contributed by atoms with Crippen LogP contribution in [0, 0.1) is 0 Å². The van der Waals surface area contributed by atoms with Crippen LogP contribution in [0.15, 0.2) is 52.3 Å². The molecule has 0 atom stereocenters. The van der Waals surface area contributed by atoms with Gasteiger partial charge < -0.3 is 10.3 Å². The zero-order valence-corrected chi connectivity index (χ0v) is 12.6. The first-order chi connectivity index (χ1) is 10.5. The smallest absolute Gasteiger partial charge is 0.273 e. The number of carbonyl (C=O) groups excluding carboxylic acids is 1. The van der Waals surface area contributed by atoms with E-state index in [2.05, 4.69) is 10.3 Å². The normalized spacial score (nSPS) is 15.8. The van der Waals surface area contributed by atoms with Gasteiger partial charge >= 0.3 is 0 Å². The number of nitrogens with one attached hydrogen (secondary N) is 2. The van der Waals surface area contributed by atoms with Crippen LogP contribution in [0.2, 0.25) is 5.02 Å². The lowest BCUT2D eigenvalue weighted by molar-refractivity contribution is 0.102. The van der Waals surface area contributed by atoms with Gasteiger partial charge in [0.25, 0.3) is 5.91 Å². The molecule has 7 heteroatoms. The molecule has 110 valence electrons. The molecular formula is C15H9ClN2O3S. The second-order valence-electron chi connectivity index (χ2n) is 4.97. The van der Waals surface area contributed by atoms with Crippen LogP contribution in [0.3, 0.4) is 0 Å². The predicted molar refractivity (Wildman–Crippen MR) is 83.2 cm³/mol. The molecule has 1 aliphatic heterocycles. The number of amides is 1. The molecule has 2 heterocycles. The number of halogens is 1. The first-order valence-corrected chi connectivity index (χ1v) is 8.31. The number of sulfone groups is 1. The summed E-state index contributed by atoms with van der Waals surface area (Å²) in [6, 6.07) is 11.2. The highest BCUT2D eigenvalue weighted by Crippen LogP contribution is 2.38. The Morgan fingerprint density at radius 2 is 1.82 bits per heavy atom. The van der Waals surface area contributed by atoms with Crippen LogP contribution in [0.1, 0.15) is 10.5 Å². The molecule has 0 bridgehead atoms. The van der Waals surface area contributed by atoms with Gasteiger partial charge in [0.05, 0.1) is 10.6 Å². The molecule has 22 heavy (non-hydrogen) atoms. The molecule has 0 aliphatic carbocycles. The second-order valence-corrected chi connectivity index (χ2v) is 7.26. The molecule has 4 rings (SSSR count). The lowest BCUT2D eigenvalue weighted by Crippen LogP contribution is -2.11.